The summed E-state index contributed by atoms with van der Waals surface area (Å²) >= 11 is 1.24. The van der Waals surface area contributed by atoms with Crippen molar-refractivity contribution in [1.82, 2.24) is 4.13 Å². The lowest BCUT2D eigenvalue weighted by molar-refractivity contribution is 0.594. The summed E-state index contributed by atoms with van der Waals surface area (Å²) in [6, 6.07) is 33.5. The first-order chi connectivity index (χ1) is 15.0. The molecule has 0 spiro atoms. The molecule has 4 aromatic carbocycles. The highest BCUT2D eigenvalue weighted by molar-refractivity contribution is 8.10. The first kappa shape index (κ1) is 20.1. The van der Waals surface area contributed by atoms with Crippen molar-refractivity contribution in [2.45, 2.75) is 16.6 Å². The third-order valence-electron chi connectivity index (χ3n) is 5.72. The van der Waals surface area contributed by atoms with Crippen molar-refractivity contribution in [3.05, 3.63) is 125 Å². The van der Waals surface area contributed by atoms with Gasteiger partial charge in [0, 0.05) is 0 Å². The molecule has 154 valence electrons. The predicted octanol–water partition coefficient (Wildman–Crippen LogP) is 5.89. The van der Waals surface area contributed by atoms with E-state index in [4.69, 9.17) is 0 Å². The molecule has 3 nitrogen and oxygen atoms in total. The summed E-state index contributed by atoms with van der Waals surface area (Å²) < 4.78 is 28.5. The van der Waals surface area contributed by atoms with Crippen LogP contribution < -0.4 is 4.13 Å². The molecule has 0 heterocycles. The SMILES string of the molecule is Cc1ccc(S(=O)(=O)NSC2(c3ccccc3)c3ccccc3-c3ccccc32)cc1. The van der Waals surface area contributed by atoms with E-state index in [0.717, 1.165) is 33.4 Å². The second kappa shape index (κ2) is 7.68. The molecule has 0 bridgehead atoms. The van der Waals surface area contributed by atoms with E-state index >= 15 is 0 Å². The molecule has 5 rings (SSSR count). The van der Waals surface area contributed by atoms with E-state index in [-0.39, 0.29) is 4.90 Å². The molecule has 1 aliphatic carbocycles. The molecule has 0 fully saturated rings. The number of hydrogen-bond acceptors (Lipinski definition) is 3. The third kappa shape index (κ3) is 3.30. The number of hydrogen-bond donors (Lipinski definition) is 1. The summed E-state index contributed by atoms with van der Waals surface area (Å²) in [4.78, 5) is 0.258. The van der Waals surface area contributed by atoms with E-state index in [9.17, 15) is 8.42 Å². The lowest BCUT2D eigenvalue weighted by atomic mass is 9.88. The number of rotatable bonds is 5. The number of nitrogens with one attached hydrogen (secondary N) is 1. The summed E-state index contributed by atoms with van der Waals surface area (Å²) in [7, 11) is -3.70. The minimum Gasteiger partial charge on any atom is -0.206 e. The third-order valence-corrected chi connectivity index (χ3v) is 8.80. The minimum absolute atomic E-state index is 0.258. The zero-order chi connectivity index (χ0) is 21.5. The normalized spacial score (nSPS) is 14.1. The van der Waals surface area contributed by atoms with Crippen LogP contribution in [0.4, 0.5) is 0 Å². The van der Waals surface area contributed by atoms with Crippen molar-refractivity contribution >= 4 is 22.0 Å². The van der Waals surface area contributed by atoms with Gasteiger partial charge in [0.05, 0.1) is 4.90 Å². The molecule has 1 N–H and O–H groups in total. The summed E-state index contributed by atoms with van der Waals surface area (Å²) in [6.07, 6.45) is 0. The van der Waals surface area contributed by atoms with E-state index in [1.54, 1.807) is 12.1 Å². The molecule has 4 aromatic rings. The summed E-state index contributed by atoms with van der Waals surface area (Å²) in [5, 5.41) is 0. The zero-order valence-electron chi connectivity index (χ0n) is 16.9. The molecule has 0 atom stereocenters. The molecule has 5 heteroatoms. The molecule has 0 aliphatic heterocycles. The van der Waals surface area contributed by atoms with Crippen LogP contribution in [-0.4, -0.2) is 8.42 Å². The minimum atomic E-state index is -3.70. The van der Waals surface area contributed by atoms with Crippen molar-refractivity contribution in [2.75, 3.05) is 0 Å². The Balaban J connectivity index is 1.67. The number of sulfonamides is 1. The Hall–Kier alpha value is -2.86. The topological polar surface area (TPSA) is 46.2 Å². The van der Waals surface area contributed by atoms with E-state index in [1.165, 1.54) is 11.9 Å². The van der Waals surface area contributed by atoms with Gasteiger partial charge in [-0.15, -0.1) is 0 Å². The van der Waals surface area contributed by atoms with Crippen molar-refractivity contribution in [1.29, 1.82) is 0 Å². The second-order valence-electron chi connectivity index (χ2n) is 7.64. The standard InChI is InChI=1S/C26H21NO2S2/c1-19-15-17-21(18-16-19)31(28,29)27-30-26(20-9-3-2-4-10-20)24-13-7-5-11-22(24)23-12-6-8-14-25(23)26/h2-18,27H,1H3. The smallest absolute Gasteiger partial charge is 0.206 e. The van der Waals surface area contributed by atoms with Crippen LogP contribution in [0.2, 0.25) is 0 Å². The van der Waals surface area contributed by atoms with Gasteiger partial charge in [-0.25, -0.2) is 8.42 Å². The van der Waals surface area contributed by atoms with Gasteiger partial charge in [0.15, 0.2) is 0 Å². The van der Waals surface area contributed by atoms with Crippen LogP contribution in [-0.2, 0) is 14.8 Å². The molecule has 0 saturated carbocycles. The van der Waals surface area contributed by atoms with E-state index < -0.39 is 14.8 Å². The number of fused-ring (bicyclic) bond motifs is 3. The monoisotopic (exact) mass is 443 g/mol. The molecular weight excluding hydrogens is 422 g/mol. The Morgan fingerprint density at radius 1 is 0.677 bits per heavy atom. The highest BCUT2D eigenvalue weighted by Gasteiger charge is 2.46. The molecule has 0 saturated heterocycles. The fourth-order valence-electron chi connectivity index (χ4n) is 4.23. The average molecular weight is 444 g/mol. The van der Waals surface area contributed by atoms with Gasteiger partial charge in [-0.1, -0.05) is 96.6 Å². The van der Waals surface area contributed by atoms with Gasteiger partial charge in [-0.3, -0.25) is 0 Å². The number of benzene rings is 4. The Bertz CT molecular complexity index is 1300. The predicted molar refractivity (Wildman–Crippen MR) is 127 cm³/mol. The average Bonchev–Trinajstić information content (AvgIpc) is 3.10. The van der Waals surface area contributed by atoms with Crippen LogP contribution in [0.15, 0.2) is 108 Å². The van der Waals surface area contributed by atoms with Gasteiger partial charge < -0.3 is 0 Å². The maximum Gasteiger partial charge on any atom is 0.249 e. The van der Waals surface area contributed by atoms with Gasteiger partial charge in [0.25, 0.3) is 0 Å². The zero-order valence-corrected chi connectivity index (χ0v) is 18.6. The second-order valence-corrected chi connectivity index (χ2v) is 10.6. The van der Waals surface area contributed by atoms with Crippen molar-refractivity contribution in [3.63, 3.8) is 0 Å². The largest absolute Gasteiger partial charge is 0.249 e. The highest BCUT2D eigenvalue weighted by Crippen LogP contribution is 2.57. The summed E-state index contributed by atoms with van der Waals surface area (Å²) in [5.74, 6) is 0. The van der Waals surface area contributed by atoms with Gasteiger partial charge in [0.1, 0.15) is 4.75 Å². The van der Waals surface area contributed by atoms with Gasteiger partial charge in [-0.2, -0.15) is 4.13 Å². The molecule has 0 aromatic heterocycles. The molecule has 1 aliphatic rings. The quantitative estimate of drug-likeness (QED) is 0.391. The maximum atomic E-state index is 13.2. The van der Waals surface area contributed by atoms with Crippen molar-refractivity contribution in [3.8, 4) is 11.1 Å². The Kier molecular flexibility index (Phi) is 4.97. The fraction of sp³-hybridized carbons (Fsp3) is 0.0769. The lowest BCUT2D eigenvalue weighted by Gasteiger charge is -2.31. The summed E-state index contributed by atoms with van der Waals surface area (Å²) in [6.45, 7) is 1.94. The van der Waals surface area contributed by atoms with Gasteiger partial charge in [-0.05, 0) is 58.8 Å². The first-order valence-corrected chi connectivity index (χ1v) is 12.3. The Morgan fingerprint density at radius 3 is 1.77 bits per heavy atom. The molecule has 31 heavy (non-hydrogen) atoms. The molecule has 0 amide bonds. The Morgan fingerprint density at radius 2 is 1.19 bits per heavy atom. The van der Waals surface area contributed by atoms with Gasteiger partial charge in [0.2, 0.25) is 10.0 Å². The van der Waals surface area contributed by atoms with Crippen LogP contribution in [0.3, 0.4) is 0 Å². The molecular formula is C26H21NO2S2. The van der Waals surface area contributed by atoms with Crippen molar-refractivity contribution in [2.24, 2.45) is 0 Å². The van der Waals surface area contributed by atoms with Crippen LogP contribution in [0.1, 0.15) is 22.3 Å². The lowest BCUT2D eigenvalue weighted by Crippen LogP contribution is -2.30. The van der Waals surface area contributed by atoms with Crippen LogP contribution in [0.25, 0.3) is 11.1 Å². The number of aryl methyl sites for hydroxylation is 1. The highest BCUT2D eigenvalue weighted by atomic mass is 32.3. The first-order valence-electron chi connectivity index (χ1n) is 10.0. The van der Waals surface area contributed by atoms with Crippen molar-refractivity contribution < 1.29 is 8.42 Å². The Labute approximate surface area is 187 Å². The fourth-order valence-corrected chi connectivity index (χ4v) is 6.88. The maximum absolute atomic E-state index is 13.2. The van der Waals surface area contributed by atoms with Crippen LogP contribution in [0, 0.1) is 6.92 Å². The summed E-state index contributed by atoms with van der Waals surface area (Å²) in [5.41, 5.74) is 6.47. The molecule has 0 radical (unpaired) electrons. The van der Waals surface area contributed by atoms with Crippen LogP contribution >= 0.6 is 11.9 Å². The van der Waals surface area contributed by atoms with E-state index in [1.807, 2.05) is 61.5 Å². The molecule has 0 unspecified atom stereocenters. The van der Waals surface area contributed by atoms with Crippen LogP contribution in [0.5, 0.6) is 0 Å². The van der Waals surface area contributed by atoms with Gasteiger partial charge >= 0.3 is 0 Å². The van der Waals surface area contributed by atoms with E-state index in [2.05, 4.69) is 40.5 Å². The van der Waals surface area contributed by atoms with E-state index in [0.29, 0.717) is 0 Å².